The summed E-state index contributed by atoms with van der Waals surface area (Å²) in [4.78, 5) is 15.4. The molecule has 2 fully saturated rings. The molecule has 0 radical (unpaired) electrons. The van der Waals surface area contributed by atoms with Crippen molar-refractivity contribution in [1.29, 1.82) is 0 Å². The van der Waals surface area contributed by atoms with E-state index in [1.807, 2.05) is 0 Å². The van der Waals surface area contributed by atoms with Crippen LogP contribution in [0.25, 0.3) is 5.69 Å². The number of aromatic nitrogens is 2. The fraction of sp³-hybridized carbons (Fsp3) is 0.565. The van der Waals surface area contributed by atoms with Crippen LogP contribution in [0.5, 0.6) is 0 Å². The lowest BCUT2D eigenvalue weighted by Gasteiger charge is -2.38. The molecule has 0 bridgehead atoms. The molecular formula is C23H30N4O. The first-order chi connectivity index (χ1) is 13.6. The van der Waals surface area contributed by atoms with Gasteiger partial charge in [0.25, 0.3) is 5.91 Å². The van der Waals surface area contributed by atoms with Gasteiger partial charge in [-0.15, -0.1) is 0 Å². The molecule has 1 aromatic carbocycles. The van der Waals surface area contributed by atoms with Crippen LogP contribution in [-0.4, -0.2) is 46.8 Å². The largest absolute Gasteiger partial charge is 0.337 e. The van der Waals surface area contributed by atoms with Gasteiger partial charge in [0.2, 0.25) is 0 Å². The van der Waals surface area contributed by atoms with E-state index in [2.05, 4.69) is 46.9 Å². The molecule has 5 rings (SSSR count). The number of amides is 1. The highest BCUT2D eigenvalue weighted by Gasteiger charge is 2.39. The van der Waals surface area contributed by atoms with Gasteiger partial charge in [-0.3, -0.25) is 4.79 Å². The van der Waals surface area contributed by atoms with Gasteiger partial charge in [0.15, 0.2) is 5.69 Å². The molecule has 0 atom stereocenters. The first-order valence-corrected chi connectivity index (χ1v) is 10.7. The second-order valence-corrected chi connectivity index (χ2v) is 9.05. The predicted octanol–water partition coefficient (Wildman–Crippen LogP) is 3.19. The first-order valence-electron chi connectivity index (χ1n) is 10.7. The summed E-state index contributed by atoms with van der Waals surface area (Å²) >= 11 is 0. The number of aryl methyl sites for hydroxylation is 2. The zero-order valence-corrected chi connectivity index (χ0v) is 17.1. The summed E-state index contributed by atoms with van der Waals surface area (Å²) in [7, 11) is 0. The SMILES string of the molecule is Cc1ccc(-n2nc(C(=O)N3CCC4(CCNC4)CC3)c3c2CCC3)c(C)c1. The fourth-order valence-corrected chi connectivity index (χ4v) is 5.41. The Morgan fingerprint density at radius 3 is 2.68 bits per heavy atom. The number of carbonyl (C=O) groups excluding carboxylic acids is 1. The smallest absolute Gasteiger partial charge is 0.274 e. The molecule has 5 nitrogen and oxygen atoms in total. The highest BCUT2D eigenvalue weighted by molar-refractivity contribution is 5.94. The van der Waals surface area contributed by atoms with E-state index >= 15 is 0 Å². The van der Waals surface area contributed by atoms with Crippen LogP contribution < -0.4 is 5.32 Å². The molecule has 1 spiro atoms. The highest BCUT2D eigenvalue weighted by Crippen LogP contribution is 2.38. The number of likely N-dealkylation sites (tertiary alicyclic amines) is 1. The third-order valence-corrected chi connectivity index (χ3v) is 7.16. The monoisotopic (exact) mass is 378 g/mol. The minimum atomic E-state index is 0.141. The van der Waals surface area contributed by atoms with Crippen LogP contribution in [-0.2, 0) is 12.8 Å². The summed E-state index contributed by atoms with van der Waals surface area (Å²) in [6.45, 7) is 8.22. The third-order valence-electron chi connectivity index (χ3n) is 7.16. The van der Waals surface area contributed by atoms with Gasteiger partial charge in [0.05, 0.1) is 5.69 Å². The normalized spacial score (nSPS) is 20.7. The van der Waals surface area contributed by atoms with E-state index in [1.54, 1.807) is 0 Å². The van der Waals surface area contributed by atoms with Gasteiger partial charge < -0.3 is 10.2 Å². The molecule has 148 valence electrons. The summed E-state index contributed by atoms with van der Waals surface area (Å²) in [5.74, 6) is 0.141. The summed E-state index contributed by atoms with van der Waals surface area (Å²) in [6, 6.07) is 6.47. The van der Waals surface area contributed by atoms with Crippen molar-refractivity contribution in [1.82, 2.24) is 20.0 Å². The van der Waals surface area contributed by atoms with E-state index in [0.717, 1.165) is 64.0 Å². The maximum absolute atomic E-state index is 13.4. The van der Waals surface area contributed by atoms with Crippen molar-refractivity contribution >= 4 is 5.91 Å². The summed E-state index contributed by atoms with van der Waals surface area (Å²) in [5.41, 5.74) is 7.13. The number of nitrogens with one attached hydrogen (secondary N) is 1. The predicted molar refractivity (Wildman–Crippen MR) is 110 cm³/mol. The number of hydrogen-bond acceptors (Lipinski definition) is 3. The van der Waals surface area contributed by atoms with E-state index < -0.39 is 0 Å². The van der Waals surface area contributed by atoms with Crippen molar-refractivity contribution in [3.05, 3.63) is 46.3 Å². The summed E-state index contributed by atoms with van der Waals surface area (Å²) in [6.07, 6.45) is 6.59. The second kappa shape index (κ2) is 6.73. The molecule has 1 amide bonds. The molecule has 1 aromatic heterocycles. The molecule has 3 aliphatic rings. The summed E-state index contributed by atoms with van der Waals surface area (Å²) in [5, 5.41) is 8.37. The van der Waals surface area contributed by atoms with Crippen molar-refractivity contribution < 1.29 is 4.79 Å². The number of piperidine rings is 1. The topological polar surface area (TPSA) is 50.2 Å². The molecule has 1 aliphatic carbocycles. The minimum Gasteiger partial charge on any atom is -0.337 e. The maximum Gasteiger partial charge on any atom is 0.274 e. The number of rotatable bonds is 2. The second-order valence-electron chi connectivity index (χ2n) is 9.05. The van der Waals surface area contributed by atoms with Gasteiger partial charge in [-0.25, -0.2) is 4.68 Å². The van der Waals surface area contributed by atoms with Crippen LogP contribution in [0.1, 0.15) is 58.6 Å². The van der Waals surface area contributed by atoms with Crippen molar-refractivity contribution in [2.75, 3.05) is 26.2 Å². The number of benzene rings is 1. The quantitative estimate of drug-likeness (QED) is 0.873. The van der Waals surface area contributed by atoms with E-state index in [-0.39, 0.29) is 5.91 Å². The average Bonchev–Trinajstić information content (AvgIpc) is 3.40. The Balaban J connectivity index is 1.44. The zero-order chi connectivity index (χ0) is 19.3. The Labute approximate surface area is 167 Å². The average molecular weight is 379 g/mol. The van der Waals surface area contributed by atoms with Gasteiger partial charge in [-0.05, 0) is 76.0 Å². The molecule has 2 aliphatic heterocycles. The number of carbonyl (C=O) groups is 1. The lowest BCUT2D eigenvalue weighted by atomic mass is 9.78. The lowest BCUT2D eigenvalue weighted by Crippen LogP contribution is -2.44. The third kappa shape index (κ3) is 2.87. The van der Waals surface area contributed by atoms with Gasteiger partial charge in [0, 0.05) is 30.9 Å². The number of nitrogens with zero attached hydrogens (tertiary/aromatic N) is 3. The Morgan fingerprint density at radius 2 is 1.96 bits per heavy atom. The van der Waals surface area contributed by atoms with Crippen LogP contribution >= 0.6 is 0 Å². The van der Waals surface area contributed by atoms with Gasteiger partial charge in [-0.1, -0.05) is 17.7 Å². The number of hydrogen-bond donors (Lipinski definition) is 1. The van der Waals surface area contributed by atoms with E-state index in [9.17, 15) is 4.79 Å². The molecule has 2 saturated heterocycles. The molecule has 5 heteroatoms. The standard InChI is InChI=1S/C23H30N4O/c1-16-6-7-19(17(2)14-16)27-20-5-3-4-18(20)21(25-27)22(28)26-12-9-23(10-13-26)8-11-24-15-23/h6-7,14,24H,3-5,8-13,15H2,1-2H3. The molecular weight excluding hydrogens is 348 g/mol. The van der Waals surface area contributed by atoms with Gasteiger partial charge in [0.1, 0.15) is 0 Å². The van der Waals surface area contributed by atoms with E-state index in [1.165, 1.54) is 28.8 Å². The lowest BCUT2D eigenvalue weighted by molar-refractivity contribution is 0.0600. The Hall–Kier alpha value is -2.14. The van der Waals surface area contributed by atoms with Crippen LogP contribution in [0.4, 0.5) is 0 Å². The Morgan fingerprint density at radius 1 is 1.14 bits per heavy atom. The summed E-state index contributed by atoms with van der Waals surface area (Å²) < 4.78 is 2.05. The van der Waals surface area contributed by atoms with Crippen LogP contribution in [0, 0.1) is 19.3 Å². The van der Waals surface area contributed by atoms with Crippen LogP contribution in [0.2, 0.25) is 0 Å². The maximum atomic E-state index is 13.4. The Bertz CT molecular complexity index is 913. The Kier molecular flexibility index (Phi) is 4.31. The first kappa shape index (κ1) is 17.9. The zero-order valence-electron chi connectivity index (χ0n) is 17.1. The molecule has 0 saturated carbocycles. The van der Waals surface area contributed by atoms with Crippen molar-refractivity contribution in [2.45, 2.75) is 52.4 Å². The van der Waals surface area contributed by atoms with Crippen molar-refractivity contribution in [3.8, 4) is 5.69 Å². The number of fused-ring (bicyclic) bond motifs is 1. The molecule has 0 unspecified atom stereocenters. The molecule has 28 heavy (non-hydrogen) atoms. The molecule has 1 N–H and O–H groups in total. The van der Waals surface area contributed by atoms with Crippen LogP contribution in [0.3, 0.4) is 0 Å². The van der Waals surface area contributed by atoms with Gasteiger partial charge >= 0.3 is 0 Å². The molecule has 3 heterocycles. The van der Waals surface area contributed by atoms with E-state index in [0.29, 0.717) is 11.1 Å². The van der Waals surface area contributed by atoms with Crippen molar-refractivity contribution in [3.63, 3.8) is 0 Å². The molecule has 2 aromatic rings. The van der Waals surface area contributed by atoms with Gasteiger partial charge in [-0.2, -0.15) is 5.10 Å². The highest BCUT2D eigenvalue weighted by atomic mass is 16.2. The van der Waals surface area contributed by atoms with Crippen LogP contribution in [0.15, 0.2) is 18.2 Å². The van der Waals surface area contributed by atoms with Crippen molar-refractivity contribution in [2.24, 2.45) is 5.41 Å². The fourth-order valence-electron chi connectivity index (χ4n) is 5.41. The van der Waals surface area contributed by atoms with E-state index in [4.69, 9.17) is 5.10 Å². The minimum absolute atomic E-state index is 0.141.